The Morgan fingerprint density at radius 3 is 2.31 bits per heavy atom. The molecule has 0 aromatic heterocycles. The van der Waals surface area contributed by atoms with Gasteiger partial charge in [-0.3, -0.25) is 4.79 Å². The van der Waals surface area contributed by atoms with E-state index in [4.69, 9.17) is 23.7 Å². The van der Waals surface area contributed by atoms with E-state index in [0.717, 1.165) is 33.8 Å². The second kappa shape index (κ2) is 13.0. The third-order valence-electron chi connectivity index (χ3n) is 6.33. The van der Waals surface area contributed by atoms with Gasteiger partial charge in [-0.15, -0.1) is 0 Å². The first-order valence-electron chi connectivity index (χ1n) is 11.8. The third-order valence-corrected chi connectivity index (χ3v) is 6.33. The van der Waals surface area contributed by atoms with Crippen LogP contribution < -0.4 is 18.9 Å². The lowest BCUT2D eigenvalue weighted by Crippen LogP contribution is -2.30. The summed E-state index contributed by atoms with van der Waals surface area (Å²) in [6.07, 6.45) is 1.23. The van der Waals surface area contributed by atoms with Crippen molar-refractivity contribution >= 4 is 5.78 Å². The SMILES string of the molecule is C=C(/C(=C\C)OC)C(C)C(C)=O.COc1cc(C)c2c(c1)O[C@H](c1ccc(OC)c(OC)c1)[C@@H](O)C2. The Bertz CT molecular complexity index is 1100. The number of allylic oxidation sites excluding steroid dienone is 2. The Labute approximate surface area is 214 Å². The van der Waals surface area contributed by atoms with Gasteiger partial charge in [-0.2, -0.15) is 0 Å². The summed E-state index contributed by atoms with van der Waals surface area (Å²) in [6.45, 7) is 11.0. The summed E-state index contributed by atoms with van der Waals surface area (Å²) >= 11 is 0. The number of benzene rings is 2. The molecular weight excluding hydrogens is 460 g/mol. The number of aliphatic hydroxyl groups is 1. The summed E-state index contributed by atoms with van der Waals surface area (Å²) in [4.78, 5) is 11.0. The molecule has 1 aliphatic heterocycles. The Morgan fingerprint density at radius 1 is 1.11 bits per heavy atom. The van der Waals surface area contributed by atoms with E-state index >= 15 is 0 Å². The maximum absolute atomic E-state index is 11.0. The maximum Gasteiger partial charge on any atom is 0.161 e. The monoisotopic (exact) mass is 498 g/mol. The van der Waals surface area contributed by atoms with Crippen LogP contribution in [0, 0.1) is 12.8 Å². The van der Waals surface area contributed by atoms with Gasteiger partial charge in [0.2, 0.25) is 0 Å². The van der Waals surface area contributed by atoms with Crippen LogP contribution in [0.15, 0.2) is 54.3 Å². The van der Waals surface area contributed by atoms with Crippen LogP contribution in [0.2, 0.25) is 0 Å². The second-order valence-electron chi connectivity index (χ2n) is 8.56. The number of ether oxygens (including phenoxy) is 5. The summed E-state index contributed by atoms with van der Waals surface area (Å²) in [5.41, 5.74) is 3.65. The normalized spacial score (nSPS) is 17.4. The van der Waals surface area contributed by atoms with Gasteiger partial charge in [-0.25, -0.2) is 0 Å². The van der Waals surface area contributed by atoms with Gasteiger partial charge in [0.25, 0.3) is 0 Å². The molecule has 1 unspecified atom stereocenters. The fourth-order valence-corrected chi connectivity index (χ4v) is 3.98. The molecule has 0 saturated heterocycles. The number of fused-ring (bicyclic) bond motifs is 1. The van der Waals surface area contributed by atoms with Crippen LogP contribution in [0.25, 0.3) is 0 Å². The minimum atomic E-state index is -0.636. The molecule has 0 radical (unpaired) electrons. The predicted molar refractivity (Wildman–Crippen MR) is 140 cm³/mol. The lowest BCUT2D eigenvalue weighted by Gasteiger charge is -2.32. The summed E-state index contributed by atoms with van der Waals surface area (Å²) in [5, 5.41) is 10.6. The number of hydrogen-bond acceptors (Lipinski definition) is 7. The van der Waals surface area contributed by atoms with Crippen molar-refractivity contribution in [2.24, 2.45) is 5.92 Å². The van der Waals surface area contributed by atoms with E-state index in [1.807, 2.05) is 57.2 Å². The average Bonchev–Trinajstić information content (AvgIpc) is 2.88. The topological polar surface area (TPSA) is 83.5 Å². The number of rotatable bonds is 8. The molecule has 7 heteroatoms. The van der Waals surface area contributed by atoms with Gasteiger partial charge in [0, 0.05) is 24.0 Å². The highest BCUT2D eigenvalue weighted by molar-refractivity contribution is 5.81. The molecule has 0 aliphatic carbocycles. The fourth-order valence-electron chi connectivity index (χ4n) is 3.98. The van der Waals surface area contributed by atoms with Gasteiger partial charge < -0.3 is 28.8 Å². The molecule has 196 valence electrons. The lowest BCUT2D eigenvalue weighted by atomic mass is 9.92. The first-order chi connectivity index (χ1) is 17.1. The van der Waals surface area contributed by atoms with Crippen molar-refractivity contribution < 1.29 is 33.6 Å². The van der Waals surface area contributed by atoms with Crippen molar-refractivity contribution in [3.8, 4) is 23.0 Å². The minimum Gasteiger partial charge on any atom is -0.497 e. The number of carbonyl (C=O) groups excluding carboxylic acids is 1. The third kappa shape index (κ3) is 6.61. The van der Waals surface area contributed by atoms with Crippen LogP contribution in [-0.2, 0) is 16.0 Å². The summed E-state index contributed by atoms with van der Waals surface area (Å²) in [7, 11) is 6.39. The first-order valence-corrected chi connectivity index (χ1v) is 11.8. The number of Topliss-reactive ketones (excluding diaryl/α,β-unsaturated/α-hetero) is 1. The van der Waals surface area contributed by atoms with Gasteiger partial charge in [-0.1, -0.05) is 19.6 Å². The highest BCUT2D eigenvalue weighted by atomic mass is 16.5. The van der Waals surface area contributed by atoms with E-state index < -0.39 is 12.2 Å². The van der Waals surface area contributed by atoms with Crippen LogP contribution in [-0.4, -0.2) is 45.4 Å². The molecule has 0 spiro atoms. The predicted octanol–water partition coefficient (Wildman–Crippen LogP) is 5.38. The van der Waals surface area contributed by atoms with Crippen molar-refractivity contribution in [2.75, 3.05) is 28.4 Å². The van der Waals surface area contributed by atoms with Gasteiger partial charge in [0.15, 0.2) is 11.5 Å². The Hall–Kier alpha value is -3.45. The van der Waals surface area contributed by atoms with Crippen molar-refractivity contribution in [3.05, 3.63) is 71.0 Å². The largest absolute Gasteiger partial charge is 0.497 e. The number of aryl methyl sites for hydroxylation is 1. The minimum absolute atomic E-state index is 0.108. The molecule has 0 saturated carbocycles. The molecule has 1 heterocycles. The Kier molecular flexibility index (Phi) is 10.4. The smallest absolute Gasteiger partial charge is 0.161 e. The molecule has 0 fully saturated rings. The van der Waals surface area contributed by atoms with Gasteiger partial charge in [-0.05, 0) is 61.7 Å². The quantitative estimate of drug-likeness (QED) is 0.387. The standard InChI is InChI=1S/C19H22O5.C10H16O2/c1-11-7-13(21-2)9-17-14(11)10-15(20)19(24-17)12-5-6-16(22-3)18(8-12)23-4;1-6-10(12-5)8(3)7(2)9(4)11/h5-9,15,19-20H,10H2,1-4H3;6-7H,3H2,1-2,4-5H3/b;10-6+/t15-,19+;/m0./s1. The summed E-state index contributed by atoms with van der Waals surface area (Å²) in [5.74, 6) is 3.39. The van der Waals surface area contributed by atoms with Crippen LogP contribution >= 0.6 is 0 Å². The zero-order valence-electron chi connectivity index (χ0n) is 22.5. The van der Waals surface area contributed by atoms with E-state index in [0.29, 0.717) is 23.7 Å². The van der Waals surface area contributed by atoms with Gasteiger partial charge in [0.05, 0.1) is 34.5 Å². The molecule has 7 nitrogen and oxygen atoms in total. The molecule has 3 atom stereocenters. The van der Waals surface area contributed by atoms with Gasteiger partial charge >= 0.3 is 0 Å². The van der Waals surface area contributed by atoms with E-state index in [1.54, 1.807) is 35.4 Å². The average molecular weight is 499 g/mol. The zero-order chi connectivity index (χ0) is 27.0. The number of hydrogen-bond donors (Lipinski definition) is 1. The van der Waals surface area contributed by atoms with Crippen molar-refractivity contribution in [1.29, 1.82) is 0 Å². The molecule has 3 rings (SSSR count). The highest BCUT2D eigenvalue weighted by Crippen LogP contribution is 2.41. The lowest BCUT2D eigenvalue weighted by molar-refractivity contribution is -0.119. The van der Waals surface area contributed by atoms with Crippen LogP contribution in [0.4, 0.5) is 0 Å². The molecule has 0 bridgehead atoms. The number of methoxy groups -OCH3 is 4. The van der Waals surface area contributed by atoms with Crippen LogP contribution in [0.3, 0.4) is 0 Å². The molecule has 36 heavy (non-hydrogen) atoms. The Morgan fingerprint density at radius 2 is 1.78 bits per heavy atom. The van der Waals surface area contributed by atoms with E-state index in [9.17, 15) is 9.90 Å². The van der Waals surface area contributed by atoms with E-state index in [-0.39, 0.29) is 11.7 Å². The van der Waals surface area contributed by atoms with Gasteiger partial charge in [0.1, 0.15) is 29.1 Å². The second-order valence-corrected chi connectivity index (χ2v) is 8.56. The van der Waals surface area contributed by atoms with E-state index in [2.05, 4.69) is 6.58 Å². The molecule has 2 aromatic rings. The maximum atomic E-state index is 11.0. The molecule has 1 aliphatic rings. The Balaban J connectivity index is 0.000000324. The van der Waals surface area contributed by atoms with E-state index in [1.165, 1.54) is 0 Å². The summed E-state index contributed by atoms with van der Waals surface area (Å²) < 4.78 is 27.1. The molecule has 1 N–H and O–H groups in total. The molecule has 2 aromatic carbocycles. The first kappa shape index (κ1) is 28.8. The molecular formula is C29H38O7. The fraction of sp³-hybridized carbons (Fsp3) is 0.414. The van der Waals surface area contributed by atoms with Crippen LogP contribution in [0.1, 0.15) is 43.6 Å². The molecule has 0 amide bonds. The van der Waals surface area contributed by atoms with Crippen molar-refractivity contribution in [3.63, 3.8) is 0 Å². The highest BCUT2D eigenvalue weighted by Gasteiger charge is 2.32. The number of carbonyl (C=O) groups is 1. The van der Waals surface area contributed by atoms with Crippen LogP contribution in [0.5, 0.6) is 23.0 Å². The summed E-state index contributed by atoms with van der Waals surface area (Å²) in [6, 6.07) is 9.35. The number of ketones is 1. The van der Waals surface area contributed by atoms with Crippen molar-refractivity contribution in [1.82, 2.24) is 0 Å². The number of aliphatic hydroxyl groups excluding tert-OH is 1. The van der Waals surface area contributed by atoms with Crippen molar-refractivity contribution in [2.45, 2.75) is 46.3 Å². The zero-order valence-corrected chi connectivity index (χ0v) is 22.5.